The van der Waals surface area contributed by atoms with Crippen LogP contribution < -0.4 is 14.2 Å². The molecular weight excluding hydrogens is 458 g/mol. The summed E-state index contributed by atoms with van der Waals surface area (Å²) in [7, 11) is 3.45. The Morgan fingerprint density at radius 2 is 1.51 bits per heavy atom. The first-order valence-electron chi connectivity index (χ1n) is 13.9. The van der Waals surface area contributed by atoms with E-state index in [-0.39, 0.29) is 5.92 Å². The molecule has 0 aromatic heterocycles. The molecule has 0 amide bonds. The molecule has 1 heterocycles. The van der Waals surface area contributed by atoms with Gasteiger partial charge >= 0.3 is 0 Å². The normalized spacial score (nSPS) is 18.9. The minimum atomic E-state index is 0.254. The van der Waals surface area contributed by atoms with Crippen molar-refractivity contribution in [1.82, 2.24) is 4.90 Å². The van der Waals surface area contributed by atoms with Gasteiger partial charge in [0.25, 0.3) is 0 Å². The molecule has 0 radical (unpaired) electrons. The lowest BCUT2D eigenvalue weighted by Crippen LogP contribution is -2.25. The fraction of sp³-hybridized carbons (Fsp3) is 0.455. The maximum Gasteiger partial charge on any atom is 0.164 e. The molecule has 4 heteroatoms. The van der Waals surface area contributed by atoms with Gasteiger partial charge in [0.15, 0.2) is 11.5 Å². The van der Waals surface area contributed by atoms with Gasteiger partial charge in [-0.25, -0.2) is 0 Å². The Kier molecular flexibility index (Phi) is 9.90. The number of benzene rings is 3. The Bertz CT molecular complexity index is 1090. The third-order valence-corrected chi connectivity index (χ3v) is 7.47. The van der Waals surface area contributed by atoms with Crippen molar-refractivity contribution < 1.29 is 14.2 Å². The van der Waals surface area contributed by atoms with Crippen molar-refractivity contribution in [3.8, 4) is 17.2 Å². The fourth-order valence-corrected chi connectivity index (χ4v) is 5.78. The predicted molar refractivity (Wildman–Crippen MR) is 152 cm³/mol. The number of likely N-dealkylation sites (tertiary alicyclic amines) is 1. The van der Waals surface area contributed by atoms with Crippen LogP contribution in [-0.4, -0.2) is 45.4 Å². The second-order valence-electron chi connectivity index (χ2n) is 10.1. The van der Waals surface area contributed by atoms with E-state index < -0.39 is 0 Å². The second-order valence-corrected chi connectivity index (χ2v) is 10.1. The molecule has 37 heavy (non-hydrogen) atoms. The number of fused-ring (bicyclic) bond motifs is 1. The summed E-state index contributed by atoms with van der Waals surface area (Å²) in [6.45, 7) is 8.42. The fourth-order valence-electron chi connectivity index (χ4n) is 5.78. The van der Waals surface area contributed by atoms with Gasteiger partial charge in [0.2, 0.25) is 0 Å². The van der Waals surface area contributed by atoms with E-state index >= 15 is 0 Å². The van der Waals surface area contributed by atoms with Gasteiger partial charge in [0.1, 0.15) is 12.4 Å². The zero-order valence-corrected chi connectivity index (χ0v) is 23.0. The summed E-state index contributed by atoms with van der Waals surface area (Å²) in [6, 6.07) is 24.0. The Morgan fingerprint density at radius 3 is 2.16 bits per heavy atom. The minimum Gasteiger partial charge on any atom is -0.493 e. The lowest BCUT2D eigenvalue weighted by atomic mass is 9.69. The average molecular weight is 502 g/mol. The molecule has 1 aliphatic carbocycles. The second kappa shape index (κ2) is 13.5. The third-order valence-electron chi connectivity index (χ3n) is 7.47. The molecule has 0 saturated carbocycles. The van der Waals surface area contributed by atoms with Crippen LogP contribution in [0.2, 0.25) is 0 Å². The molecule has 2 atom stereocenters. The van der Waals surface area contributed by atoms with Gasteiger partial charge in [0, 0.05) is 18.0 Å². The molecule has 3 aromatic rings. The van der Waals surface area contributed by atoms with Crippen LogP contribution in [0, 0.1) is 0 Å². The van der Waals surface area contributed by atoms with Gasteiger partial charge < -0.3 is 14.2 Å². The van der Waals surface area contributed by atoms with E-state index in [1.54, 1.807) is 14.2 Å². The van der Waals surface area contributed by atoms with Crippen molar-refractivity contribution in [3.63, 3.8) is 0 Å². The quantitative estimate of drug-likeness (QED) is 0.321. The van der Waals surface area contributed by atoms with Gasteiger partial charge in [-0.15, -0.1) is 0 Å². The average Bonchev–Trinajstić information content (AvgIpc) is 3.46. The molecule has 1 fully saturated rings. The molecule has 1 aliphatic heterocycles. The van der Waals surface area contributed by atoms with Gasteiger partial charge in [-0.2, -0.15) is 0 Å². The Hall–Kier alpha value is -2.98. The summed E-state index contributed by atoms with van der Waals surface area (Å²) in [6.07, 6.45) is 5.93. The van der Waals surface area contributed by atoms with E-state index in [0.717, 1.165) is 43.2 Å². The summed E-state index contributed by atoms with van der Waals surface area (Å²) >= 11 is 0. The largest absolute Gasteiger partial charge is 0.493 e. The van der Waals surface area contributed by atoms with E-state index in [0.29, 0.717) is 5.92 Å². The monoisotopic (exact) mass is 501 g/mol. The number of hydrogen-bond donors (Lipinski definition) is 0. The van der Waals surface area contributed by atoms with E-state index in [2.05, 4.69) is 79.4 Å². The maximum atomic E-state index is 6.08. The standard InChI is InChI=1S/C30H35NO3.C3H8/c1-32-28-17-16-26-27(30(28)33-2)15-14-25(22-8-4-3-5-9-22)29(26)23-10-12-24(13-11-23)34-21-20-31-18-6-7-19-31;1-3-2/h3-5,8-13,16-17,25,29H,6-7,14-15,18-21H2,1-2H3;3H2,1-2H3/t25-,29+;/m1./s1. The SMILES string of the molecule is CCC.COc1ccc2c(c1OC)CC[C@H](c1ccccc1)[C@@H]2c1ccc(OCCN2CCCC2)cc1. The highest BCUT2D eigenvalue weighted by Gasteiger charge is 2.34. The van der Waals surface area contributed by atoms with Crippen LogP contribution in [0.3, 0.4) is 0 Å². The van der Waals surface area contributed by atoms with E-state index in [1.165, 1.54) is 54.6 Å². The van der Waals surface area contributed by atoms with Crippen LogP contribution in [0.4, 0.5) is 0 Å². The molecule has 1 saturated heterocycles. The first-order valence-corrected chi connectivity index (χ1v) is 13.9. The van der Waals surface area contributed by atoms with Crippen LogP contribution >= 0.6 is 0 Å². The molecule has 0 spiro atoms. The molecule has 198 valence electrons. The summed E-state index contributed by atoms with van der Waals surface area (Å²) < 4.78 is 17.5. The van der Waals surface area contributed by atoms with Crippen molar-refractivity contribution >= 4 is 0 Å². The van der Waals surface area contributed by atoms with Crippen LogP contribution in [0.15, 0.2) is 66.7 Å². The van der Waals surface area contributed by atoms with Gasteiger partial charge in [-0.3, -0.25) is 4.90 Å². The molecule has 0 bridgehead atoms. The minimum absolute atomic E-state index is 0.254. The van der Waals surface area contributed by atoms with Crippen molar-refractivity contribution in [2.24, 2.45) is 0 Å². The van der Waals surface area contributed by atoms with Gasteiger partial charge in [0.05, 0.1) is 14.2 Å². The predicted octanol–water partition coefficient (Wildman–Crippen LogP) is 7.46. The smallest absolute Gasteiger partial charge is 0.164 e. The lowest BCUT2D eigenvalue weighted by Gasteiger charge is -2.35. The lowest BCUT2D eigenvalue weighted by molar-refractivity contribution is 0.237. The highest BCUT2D eigenvalue weighted by Crippen LogP contribution is 2.50. The van der Waals surface area contributed by atoms with Crippen molar-refractivity contribution in [2.75, 3.05) is 40.5 Å². The van der Waals surface area contributed by atoms with Gasteiger partial charge in [-0.1, -0.05) is 68.8 Å². The highest BCUT2D eigenvalue weighted by atomic mass is 16.5. The Labute approximate surface area is 223 Å². The number of methoxy groups -OCH3 is 2. The third kappa shape index (κ3) is 6.48. The van der Waals surface area contributed by atoms with Crippen LogP contribution in [0.5, 0.6) is 17.2 Å². The van der Waals surface area contributed by atoms with Crippen molar-refractivity contribution in [1.29, 1.82) is 0 Å². The zero-order chi connectivity index (χ0) is 26.0. The maximum absolute atomic E-state index is 6.08. The first-order chi connectivity index (χ1) is 18.2. The van der Waals surface area contributed by atoms with E-state index in [4.69, 9.17) is 14.2 Å². The van der Waals surface area contributed by atoms with E-state index in [9.17, 15) is 0 Å². The van der Waals surface area contributed by atoms with Crippen LogP contribution in [-0.2, 0) is 6.42 Å². The summed E-state index contributed by atoms with van der Waals surface area (Å²) in [4.78, 5) is 2.49. The number of rotatable bonds is 8. The van der Waals surface area contributed by atoms with Crippen LogP contribution in [0.1, 0.15) is 73.6 Å². The summed E-state index contributed by atoms with van der Waals surface area (Å²) in [5.74, 6) is 3.29. The molecule has 3 aromatic carbocycles. The zero-order valence-electron chi connectivity index (χ0n) is 23.0. The number of ether oxygens (including phenoxy) is 3. The first kappa shape index (κ1) is 27.1. The van der Waals surface area contributed by atoms with Crippen molar-refractivity contribution in [3.05, 3.63) is 89.0 Å². The van der Waals surface area contributed by atoms with E-state index in [1.807, 2.05) is 6.07 Å². The molecule has 2 aliphatic rings. The summed E-state index contributed by atoms with van der Waals surface area (Å²) in [5.41, 5.74) is 5.30. The molecule has 0 N–H and O–H groups in total. The summed E-state index contributed by atoms with van der Waals surface area (Å²) in [5, 5.41) is 0. The molecular formula is C33H43NO3. The topological polar surface area (TPSA) is 30.9 Å². The molecule has 0 unspecified atom stereocenters. The molecule has 4 nitrogen and oxygen atoms in total. The Morgan fingerprint density at radius 1 is 0.811 bits per heavy atom. The molecule has 5 rings (SSSR count). The van der Waals surface area contributed by atoms with Crippen molar-refractivity contribution in [2.45, 2.75) is 57.8 Å². The number of nitrogens with zero attached hydrogens (tertiary/aromatic N) is 1. The Balaban J connectivity index is 0.00000102. The number of hydrogen-bond acceptors (Lipinski definition) is 4. The van der Waals surface area contributed by atoms with Gasteiger partial charge in [-0.05, 0) is 79.6 Å². The highest BCUT2D eigenvalue weighted by molar-refractivity contribution is 5.56. The van der Waals surface area contributed by atoms with Crippen LogP contribution in [0.25, 0.3) is 0 Å².